The first-order chi connectivity index (χ1) is 6.86. The van der Waals surface area contributed by atoms with Crippen molar-refractivity contribution in [3.63, 3.8) is 0 Å². The summed E-state index contributed by atoms with van der Waals surface area (Å²) in [7, 11) is 0. The number of aromatic amines is 1. The van der Waals surface area contributed by atoms with Gasteiger partial charge in [0.1, 0.15) is 0 Å². The van der Waals surface area contributed by atoms with Gasteiger partial charge < -0.3 is 4.98 Å². The van der Waals surface area contributed by atoms with Crippen LogP contribution >= 0.6 is 0 Å². The number of hydrogen-bond donors (Lipinski definition) is 1. The number of H-pyrrole nitrogens is 1. The molecule has 1 N–H and O–H groups in total. The number of nitrogens with one attached hydrogen (secondary N) is 1. The SMILES string of the molecule is O=c1[nH]cccc1O[n+]1ccccc1. The third-order valence-corrected chi connectivity index (χ3v) is 1.67. The maximum absolute atomic E-state index is 11.2. The van der Waals surface area contributed by atoms with Crippen LogP contribution in [0.3, 0.4) is 0 Å². The Hall–Kier alpha value is -2.10. The fourth-order valence-electron chi connectivity index (χ4n) is 1.04. The van der Waals surface area contributed by atoms with E-state index in [1.807, 2.05) is 18.2 Å². The number of pyridine rings is 2. The summed E-state index contributed by atoms with van der Waals surface area (Å²) in [5, 5.41) is 0. The van der Waals surface area contributed by atoms with Crippen molar-refractivity contribution in [3.8, 4) is 5.75 Å². The molecule has 0 saturated carbocycles. The van der Waals surface area contributed by atoms with Gasteiger partial charge in [-0.1, -0.05) is 6.07 Å². The molecule has 0 aliphatic heterocycles. The van der Waals surface area contributed by atoms with Crippen molar-refractivity contribution >= 4 is 0 Å². The van der Waals surface area contributed by atoms with Crippen LogP contribution in [-0.4, -0.2) is 4.98 Å². The third kappa shape index (κ3) is 1.80. The summed E-state index contributed by atoms with van der Waals surface area (Å²) in [6.07, 6.45) is 4.99. The molecule has 2 aromatic heterocycles. The van der Waals surface area contributed by atoms with E-state index in [1.165, 1.54) is 4.73 Å². The van der Waals surface area contributed by atoms with Gasteiger partial charge in [-0.15, -0.1) is 0 Å². The zero-order valence-electron chi connectivity index (χ0n) is 7.38. The van der Waals surface area contributed by atoms with Crippen LogP contribution in [0.25, 0.3) is 0 Å². The first-order valence-electron chi connectivity index (χ1n) is 4.18. The first-order valence-corrected chi connectivity index (χ1v) is 4.18. The zero-order valence-corrected chi connectivity index (χ0v) is 7.38. The van der Waals surface area contributed by atoms with E-state index >= 15 is 0 Å². The molecule has 14 heavy (non-hydrogen) atoms. The van der Waals surface area contributed by atoms with Gasteiger partial charge in [-0.2, -0.15) is 0 Å². The number of aromatic nitrogens is 2. The predicted octanol–water partition coefficient (Wildman–Crippen LogP) is 0.504. The Morgan fingerprint density at radius 2 is 1.93 bits per heavy atom. The highest BCUT2D eigenvalue weighted by Gasteiger charge is 2.05. The van der Waals surface area contributed by atoms with Gasteiger partial charge in [0.25, 0.3) is 11.3 Å². The van der Waals surface area contributed by atoms with Gasteiger partial charge >= 0.3 is 0 Å². The highest BCUT2D eigenvalue weighted by molar-refractivity contribution is 5.14. The second kappa shape index (κ2) is 3.74. The number of rotatable bonds is 2. The lowest BCUT2D eigenvalue weighted by Gasteiger charge is -1.94. The fourth-order valence-corrected chi connectivity index (χ4v) is 1.04. The second-order valence-corrected chi connectivity index (χ2v) is 2.69. The van der Waals surface area contributed by atoms with E-state index in [9.17, 15) is 4.79 Å². The standard InChI is InChI=1S/C10H8N2O2/c13-10-9(5-4-6-11-10)14-12-7-2-1-3-8-12/h1-8H/p+1. The van der Waals surface area contributed by atoms with Crippen LogP contribution in [0.4, 0.5) is 0 Å². The summed E-state index contributed by atoms with van der Waals surface area (Å²) < 4.78 is 1.46. The summed E-state index contributed by atoms with van der Waals surface area (Å²) in [6.45, 7) is 0. The van der Waals surface area contributed by atoms with Crippen molar-refractivity contribution < 1.29 is 9.57 Å². The topological polar surface area (TPSA) is 46.0 Å². The van der Waals surface area contributed by atoms with Gasteiger partial charge in [0.15, 0.2) is 0 Å². The van der Waals surface area contributed by atoms with Gasteiger partial charge in [-0.05, 0) is 12.1 Å². The zero-order chi connectivity index (χ0) is 9.80. The summed E-state index contributed by atoms with van der Waals surface area (Å²) in [4.78, 5) is 19.0. The Morgan fingerprint density at radius 3 is 2.64 bits per heavy atom. The minimum Gasteiger partial charge on any atom is -0.326 e. The monoisotopic (exact) mass is 189 g/mol. The molecule has 0 atom stereocenters. The molecule has 70 valence electrons. The van der Waals surface area contributed by atoms with Gasteiger partial charge in [-0.25, -0.2) is 4.84 Å². The molecular weight excluding hydrogens is 180 g/mol. The minimum absolute atomic E-state index is 0.246. The van der Waals surface area contributed by atoms with E-state index in [0.29, 0.717) is 0 Å². The van der Waals surface area contributed by atoms with Crippen LogP contribution < -0.4 is 15.1 Å². The molecule has 4 nitrogen and oxygen atoms in total. The molecule has 0 fully saturated rings. The van der Waals surface area contributed by atoms with Crippen LogP contribution in [0.2, 0.25) is 0 Å². The normalized spacial score (nSPS) is 9.71. The molecular formula is C10H9N2O2+. The molecule has 0 unspecified atom stereocenters. The highest BCUT2D eigenvalue weighted by Crippen LogP contribution is 1.96. The van der Waals surface area contributed by atoms with Crippen molar-refractivity contribution in [1.29, 1.82) is 0 Å². The molecule has 0 radical (unpaired) electrons. The van der Waals surface area contributed by atoms with Gasteiger partial charge in [0.05, 0.1) is 0 Å². The van der Waals surface area contributed by atoms with E-state index in [0.717, 1.165) is 0 Å². The Bertz CT molecular complexity index is 465. The molecule has 0 bridgehead atoms. The van der Waals surface area contributed by atoms with Gasteiger partial charge in [-0.3, -0.25) is 4.79 Å². The van der Waals surface area contributed by atoms with Crippen molar-refractivity contribution in [2.45, 2.75) is 0 Å². The summed E-state index contributed by atoms with van der Waals surface area (Å²) in [5.41, 5.74) is -0.246. The average molecular weight is 189 g/mol. The maximum Gasteiger partial charge on any atom is 0.298 e. The molecule has 0 aliphatic rings. The maximum atomic E-state index is 11.2. The highest BCUT2D eigenvalue weighted by atomic mass is 16.7. The van der Waals surface area contributed by atoms with Crippen LogP contribution in [-0.2, 0) is 0 Å². The Morgan fingerprint density at radius 1 is 1.14 bits per heavy atom. The summed E-state index contributed by atoms with van der Waals surface area (Å²) in [6, 6.07) is 8.82. The summed E-state index contributed by atoms with van der Waals surface area (Å²) >= 11 is 0. The largest absolute Gasteiger partial charge is 0.326 e. The van der Waals surface area contributed by atoms with Crippen LogP contribution in [0, 0.1) is 0 Å². The van der Waals surface area contributed by atoms with E-state index in [4.69, 9.17) is 4.84 Å². The average Bonchev–Trinajstić information content (AvgIpc) is 2.23. The minimum atomic E-state index is -0.246. The fraction of sp³-hybridized carbons (Fsp3) is 0. The van der Waals surface area contributed by atoms with E-state index < -0.39 is 0 Å². The predicted molar refractivity (Wildman–Crippen MR) is 49.7 cm³/mol. The first kappa shape index (κ1) is 8.50. The lowest BCUT2D eigenvalue weighted by molar-refractivity contribution is -0.875. The molecule has 0 aromatic carbocycles. The smallest absolute Gasteiger partial charge is 0.298 e. The molecule has 2 heterocycles. The third-order valence-electron chi connectivity index (χ3n) is 1.67. The number of hydrogen-bond acceptors (Lipinski definition) is 2. The molecule has 0 spiro atoms. The lowest BCUT2D eigenvalue weighted by atomic mass is 10.5. The molecule has 0 saturated heterocycles. The Kier molecular flexibility index (Phi) is 2.27. The molecule has 2 rings (SSSR count). The van der Waals surface area contributed by atoms with Crippen LogP contribution in [0.1, 0.15) is 0 Å². The van der Waals surface area contributed by atoms with Gasteiger partial charge in [0, 0.05) is 23.1 Å². The lowest BCUT2D eigenvalue weighted by Crippen LogP contribution is -2.40. The molecule has 0 amide bonds. The Balaban J connectivity index is 2.28. The Labute approximate surface area is 80.4 Å². The van der Waals surface area contributed by atoms with Crippen molar-refractivity contribution in [3.05, 3.63) is 59.3 Å². The summed E-state index contributed by atoms with van der Waals surface area (Å²) in [5.74, 6) is 0.267. The molecule has 2 aromatic rings. The van der Waals surface area contributed by atoms with E-state index in [1.54, 1.807) is 30.7 Å². The van der Waals surface area contributed by atoms with Crippen LogP contribution in [0.15, 0.2) is 53.7 Å². The molecule has 4 heteroatoms. The quantitative estimate of drug-likeness (QED) is 0.699. The van der Waals surface area contributed by atoms with Crippen molar-refractivity contribution in [1.82, 2.24) is 4.98 Å². The second-order valence-electron chi connectivity index (χ2n) is 2.69. The van der Waals surface area contributed by atoms with E-state index in [-0.39, 0.29) is 11.3 Å². The molecule has 0 aliphatic carbocycles. The van der Waals surface area contributed by atoms with Crippen molar-refractivity contribution in [2.75, 3.05) is 0 Å². The van der Waals surface area contributed by atoms with Crippen molar-refractivity contribution in [2.24, 2.45) is 0 Å². The van der Waals surface area contributed by atoms with Gasteiger partial charge in [0.2, 0.25) is 12.4 Å². The number of nitrogens with zero attached hydrogens (tertiary/aromatic N) is 1. The van der Waals surface area contributed by atoms with E-state index in [2.05, 4.69) is 4.98 Å². The van der Waals surface area contributed by atoms with Crippen LogP contribution in [0.5, 0.6) is 5.75 Å².